The van der Waals surface area contributed by atoms with Crippen LogP contribution in [0.2, 0.25) is 0 Å². The Kier molecular flexibility index (Phi) is 19.8. The molecular weight excluding hydrogens is 340 g/mol. The first-order chi connectivity index (χ1) is 4.61. The molecule has 0 amide bonds. The van der Waals surface area contributed by atoms with E-state index in [9.17, 15) is 0 Å². The standard InChI is InChI=1S/C6H5Cl3Si.Al.3ClH/c7-10(8,9)6-4-2-1-3-5-6;;;;/h1-5H;;3*1H/q;+3;;;/p-3. The van der Waals surface area contributed by atoms with Crippen molar-refractivity contribution in [3.8, 4) is 0 Å². The molecule has 0 nitrogen and oxygen atoms in total. The van der Waals surface area contributed by atoms with E-state index in [4.69, 9.17) is 33.2 Å². The molecule has 0 N–H and O–H groups in total. The summed E-state index contributed by atoms with van der Waals surface area (Å²) in [6.45, 7) is 0. The molecule has 0 unspecified atom stereocenters. The van der Waals surface area contributed by atoms with Gasteiger partial charge < -0.3 is 37.2 Å². The molecule has 14 heavy (non-hydrogen) atoms. The summed E-state index contributed by atoms with van der Waals surface area (Å²) in [6.07, 6.45) is 0. The first-order valence-electron chi connectivity index (χ1n) is 2.73. The van der Waals surface area contributed by atoms with Gasteiger partial charge in [-0.15, -0.1) is 33.2 Å². The van der Waals surface area contributed by atoms with Crippen molar-refractivity contribution in [3.63, 3.8) is 0 Å². The topological polar surface area (TPSA) is 0 Å². The van der Waals surface area contributed by atoms with Crippen LogP contribution >= 0.6 is 33.2 Å². The van der Waals surface area contributed by atoms with E-state index < -0.39 is 6.00 Å². The van der Waals surface area contributed by atoms with Crippen LogP contribution in [-0.2, 0) is 0 Å². The van der Waals surface area contributed by atoms with Crippen LogP contribution in [0.1, 0.15) is 0 Å². The van der Waals surface area contributed by atoms with Gasteiger partial charge in [0.05, 0.1) is 0 Å². The summed E-state index contributed by atoms with van der Waals surface area (Å²) < 4.78 is 0. The maximum Gasteiger partial charge on any atom is 3.00 e. The second-order valence-electron chi connectivity index (χ2n) is 1.86. The predicted molar refractivity (Wildman–Crippen MR) is 55.1 cm³/mol. The van der Waals surface area contributed by atoms with Crippen LogP contribution in [0.15, 0.2) is 30.3 Å². The Morgan fingerprint density at radius 3 is 1.36 bits per heavy atom. The van der Waals surface area contributed by atoms with E-state index in [1.54, 1.807) is 0 Å². The summed E-state index contributed by atoms with van der Waals surface area (Å²) >= 11 is 17.2. The largest absolute Gasteiger partial charge is 3.00 e. The zero-order valence-corrected chi connectivity index (χ0v) is 13.4. The summed E-state index contributed by atoms with van der Waals surface area (Å²) in [6, 6.07) is 6.68. The van der Waals surface area contributed by atoms with E-state index in [0.29, 0.717) is 0 Å². The van der Waals surface area contributed by atoms with Crippen molar-refractivity contribution in [2.45, 2.75) is 0 Å². The molecule has 0 atom stereocenters. The molecule has 0 bridgehead atoms. The Morgan fingerprint density at radius 2 is 1.14 bits per heavy atom. The molecule has 78 valence electrons. The molecule has 0 aliphatic carbocycles. The third kappa shape index (κ3) is 8.97. The molecule has 0 aromatic heterocycles. The van der Waals surface area contributed by atoms with E-state index in [1.165, 1.54) is 0 Å². The minimum atomic E-state index is -2.62. The number of hydrogen-bond acceptors (Lipinski definition) is 0. The zero-order chi connectivity index (χ0) is 7.61. The second kappa shape index (κ2) is 11.2. The summed E-state index contributed by atoms with van der Waals surface area (Å²) in [5.41, 5.74) is 0. The average Bonchev–Trinajstić information content (AvgIpc) is 1.88. The second-order valence-corrected chi connectivity index (χ2v) is 10.3. The molecule has 0 fully saturated rings. The van der Waals surface area contributed by atoms with Gasteiger partial charge in [0, 0.05) is 0 Å². The maximum absolute atomic E-state index is 5.73. The average molecular weight is 345 g/mol. The zero-order valence-electron chi connectivity index (χ0n) is 6.73. The predicted octanol–water partition coefficient (Wildman–Crippen LogP) is -6.82. The van der Waals surface area contributed by atoms with E-state index in [0.717, 1.165) is 5.19 Å². The van der Waals surface area contributed by atoms with Crippen molar-refractivity contribution < 1.29 is 37.2 Å². The minimum Gasteiger partial charge on any atom is -1.00 e. The number of rotatable bonds is 1. The van der Waals surface area contributed by atoms with E-state index >= 15 is 0 Å². The first-order valence-corrected chi connectivity index (χ1v) is 7.76. The van der Waals surface area contributed by atoms with Crippen LogP contribution in [-0.4, -0.2) is 23.4 Å². The quantitative estimate of drug-likeness (QED) is 0.351. The molecule has 1 aromatic carbocycles. The van der Waals surface area contributed by atoms with E-state index in [1.807, 2.05) is 30.3 Å². The third-order valence-corrected chi connectivity index (χ3v) is 4.05. The fourth-order valence-electron chi connectivity index (χ4n) is 0.627. The van der Waals surface area contributed by atoms with Gasteiger partial charge in [-0.05, 0) is 5.19 Å². The molecule has 0 radical (unpaired) electrons. The third-order valence-electron chi connectivity index (χ3n) is 1.10. The van der Waals surface area contributed by atoms with E-state index in [-0.39, 0.29) is 54.6 Å². The van der Waals surface area contributed by atoms with Gasteiger partial charge in [0.1, 0.15) is 0 Å². The fourth-order valence-corrected chi connectivity index (χ4v) is 2.33. The van der Waals surface area contributed by atoms with Gasteiger partial charge in [0.25, 0.3) is 0 Å². The van der Waals surface area contributed by atoms with Crippen molar-refractivity contribution >= 4 is 61.8 Å². The number of benzene rings is 1. The summed E-state index contributed by atoms with van der Waals surface area (Å²) in [7, 11) is 0. The van der Waals surface area contributed by atoms with Gasteiger partial charge in [-0.1, -0.05) is 30.3 Å². The Balaban J connectivity index is -0.000000125. The molecule has 0 saturated carbocycles. The molecule has 0 spiro atoms. The van der Waals surface area contributed by atoms with Crippen molar-refractivity contribution in [2.75, 3.05) is 0 Å². The number of hydrogen-bond donors (Lipinski definition) is 0. The minimum absolute atomic E-state index is 0. The summed E-state index contributed by atoms with van der Waals surface area (Å²) in [5, 5.41) is 0.833. The molecule has 1 aromatic rings. The molecular formula is C6H5AlCl6Si. The maximum atomic E-state index is 5.73. The first kappa shape index (κ1) is 24.8. The SMILES string of the molecule is Cl[Si](Cl)(Cl)c1ccccc1.[Al+3].[Cl-].[Cl-].[Cl-]. The van der Waals surface area contributed by atoms with Crippen LogP contribution in [0.3, 0.4) is 0 Å². The van der Waals surface area contributed by atoms with Gasteiger partial charge >= 0.3 is 23.4 Å². The van der Waals surface area contributed by atoms with Crippen LogP contribution in [0, 0.1) is 0 Å². The van der Waals surface area contributed by atoms with Gasteiger partial charge in [0.2, 0.25) is 0 Å². The fraction of sp³-hybridized carbons (Fsp3) is 0. The van der Waals surface area contributed by atoms with Gasteiger partial charge in [-0.2, -0.15) is 0 Å². The molecule has 8 heteroatoms. The monoisotopic (exact) mass is 342 g/mol. The number of halogens is 6. The summed E-state index contributed by atoms with van der Waals surface area (Å²) in [4.78, 5) is 0. The molecule has 0 saturated heterocycles. The Hall–Kier alpha value is 1.71. The van der Waals surface area contributed by atoms with E-state index in [2.05, 4.69) is 0 Å². The van der Waals surface area contributed by atoms with Crippen molar-refractivity contribution in [2.24, 2.45) is 0 Å². The smallest absolute Gasteiger partial charge is 1.00 e. The van der Waals surface area contributed by atoms with Crippen molar-refractivity contribution in [1.82, 2.24) is 0 Å². The van der Waals surface area contributed by atoms with Gasteiger partial charge in [0.15, 0.2) is 0 Å². The van der Waals surface area contributed by atoms with Crippen LogP contribution in [0.25, 0.3) is 0 Å². The molecule has 1 rings (SSSR count). The van der Waals surface area contributed by atoms with Gasteiger partial charge in [-0.3, -0.25) is 0 Å². The Bertz CT molecular complexity index is 213. The van der Waals surface area contributed by atoms with Gasteiger partial charge in [-0.25, -0.2) is 0 Å². The van der Waals surface area contributed by atoms with Crippen molar-refractivity contribution in [1.29, 1.82) is 0 Å². The Labute approximate surface area is 128 Å². The van der Waals surface area contributed by atoms with Crippen LogP contribution < -0.4 is 42.4 Å². The molecule has 0 aliphatic rings. The summed E-state index contributed by atoms with van der Waals surface area (Å²) in [5.74, 6) is 0. The van der Waals surface area contributed by atoms with Crippen molar-refractivity contribution in [3.05, 3.63) is 30.3 Å². The Morgan fingerprint density at radius 1 is 0.786 bits per heavy atom. The van der Waals surface area contributed by atoms with Crippen LogP contribution in [0.5, 0.6) is 0 Å². The van der Waals surface area contributed by atoms with Crippen LogP contribution in [0.4, 0.5) is 0 Å². The molecule has 0 aliphatic heterocycles. The normalized spacial score (nSPS) is 8.21. The molecule has 0 heterocycles.